The van der Waals surface area contributed by atoms with Gasteiger partial charge in [0.15, 0.2) is 5.60 Å². The molecule has 50 heavy (non-hydrogen) atoms. The van der Waals surface area contributed by atoms with Crippen molar-refractivity contribution >= 4 is 33.7 Å². The van der Waals surface area contributed by atoms with E-state index in [1.54, 1.807) is 36.4 Å². The van der Waals surface area contributed by atoms with Crippen molar-refractivity contribution in [1.29, 1.82) is 0 Å². The number of esters is 2. The molecule has 16 heteroatoms. The van der Waals surface area contributed by atoms with Crippen LogP contribution < -0.4 is 9.08 Å². The van der Waals surface area contributed by atoms with Gasteiger partial charge in [0.1, 0.15) is 24.8 Å². The van der Waals surface area contributed by atoms with Gasteiger partial charge in [-0.2, -0.15) is 21.6 Å². The number of rotatable bonds is 10. The average molecular weight is 724 g/mol. The van der Waals surface area contributed by atoms with Gasteiger partial charge in [-0.3, -0.25) is 14.4 Å². The Hall–Kier alpha value is -4.98. The predicted molar refractivity (Wildman–Crippen MR) is 170 cm³/mol. The summed E-state index contributed by atoms with van der Waals surface area (Å²) in [6.45, 7) is 3.13. The van der Waals surface area contributed by atoms with Gasteiger partial charge in [0, 0.05) is 25.1 Å². The lowest BCUT2D eigenvalue weighted by Gasteiger charge is -2.40. The molecule has 0 radical (unpaired) electrons. The Bertz CT molecular complexity index is 1800. The smallest absolute Gasteiger partial charge is 0.462 e. The number of ether oxygens (including phenoxy) is 2. The van der Waals surface area contributed by atoms with Crippen molar-refractivity contribution in [2.75, 3.05) is 18.1 Å². The van der Waals surface area contributed by atoms with E-state index in [0.29, 0.717) is 23.2 Å². The van der Waals surface area contributed by atoms with Gasteiger partial charge in [-0.1, -0.05) is 43.0 Å². The number of aliphatic hydroxyl groups excluding tert-OH is 1. The highest BCUT2D eigenvalue weighted by molar-refractivity contribution is 7.88. The first-order valence-electron chi connectivity index (χ1n) is 14.8. The van der Waals surface area contributed by atoms with Gasteiger partial charge in [-0.05, 0) is 66.1 Å². The zero-order valence-corrected chi connectivity index (χ0v) is 27.8. The summed E-state index contributed by atoms with van der Waals surface area (Å²) in [5.41, 5.74) is -5.28. The molecule has 1 fully saturated rings. The molecular formula is C34H33F4NO10S. The third-order valence-corrected chi connectivity index (χ3v) is 7.94. The Morgan fingerprint density at radius 2 is 1.48 bits per heavy atom. The topological polar surface area (TPSA) is 157 Å². The third kappa shape index (κ3) is 11.0. The second kappa shape index (κ2) is 16.6. The summed E-state index contributed by atoms with van der Waals surface area (Å²) < 4.78 is 85.9. The summed E-state index contributed by atoms with van der Waals surface area (Å²) in [5, 5.41) is 19.9. The van der Waals surface area contributed by atoms with Gasteiger partial charge < -0.3 is 28.8 Å². The lowest BCUT2D eigenvalue weighted by Crippen LogP contribution is -2.46. The normalized spacial score (nSPS) is 14.9. The second-order valence-corrected chi connectivity index (χ2v) is 12.4. The average Bonchev–Trinajstić information content (AvgIpc) is 3.05. The number of hydrogen-bond donors (Lipinski definition) is 2. The van der Waals surface area contributed by atoms with E-state index in [1.165, 1.54) is 29.2 Å². The minimum absolute atomic E-state index is 0.149. The summed E-state index contributed by atoms with van der Waals surface area (Å²) >= 11 is 0. The fourth-order valence-electron chi connectivity index (χ4n) is 4.30. The van der Waals surface area contributed by atoms with Crippen molar-refractivity contribution in [3.05, 3.63) is 95.3 Å². The van der Waals surface area contributed by atoms with Crippen LogP contribution >= 0.6 is 0 Å². The minimum Gasteiger partial charge on any atom is -0.462 e. The predicted octanol–water partition coefficient (Wildman–Crippen LogP) is 4.87. The summed E-state index contributed by atoms with van der Waals surface area (Å²) in [4.78, 5) is 35.9. The molecule has 268 valence electrons. The molecule has 0 aromatic heterocycles. The number of β-lactam (4-membered cyclic amide) rings is 1. The molecule has 0 spiro atoms. The van der Waals surface area contributed by atoms with E-state index in [0.717, 1.165) is 31.5 Å². The molecule has 0 aliphatic carbocycles. The van der Waals surface area contributed by atoms with Crippen molar-refractivity contribution < 1.29 is 64.2 Å². The highest BCUT2D eigenvalue weighted by Crippen LogP contribution is 2.39. The summed E-state index contributed by atoms with van der Waals surface area (Å²) in [5.74, 6) is 2.84. The Kier molecular flexibility index (Phi) is 13.1. The maximum atomic E-state index is 12.5. The number of anilines is 1. The SMILES string of the molecule is CC(=O)OCC(O)(C#Cc1ccc(C2CC(=O)N2c2ccc(OS(=O)(=O)C(F)(F)F)cc2)cc1)COC(C)=O.CCC(O)c1ccc(F)cc1. The molecule has 1 saturated heterocycles. The van der Waals surface area contributed by atoms with E-state index in [2.05, 4.69) is 16.0 Å². The largest absolute Gasteiger partial charge is 0.534 e. The van der Waals surface area contributed by atoms with Crippen LogP contribution in [0.2, 0.25) is 0 Å². The molecule has 1 amide bonds. The van der Waals surface area contributed by atoms with Gasteiger partial charge >= 0.3 is 27.6 Å². The van der Waals surface area contributed by atoms with Crippen molar-refractivity contribution in [2.24, 2.45) is 0 Å². The van der Waals surface area contributed by atoms with Gasteiger partial charge in [0.2, 0.25) is 5.91 Å². The molecule has 1 aliphatic rings. The van der Waals surface area contributed by atoms with E-state index in [9.17, 15) is 50.6 Å². The lowest BCUT2D eigenvalue weighted by atomic mass is 9.92. The van der Waals surface area contributed by atoms with Crippen LogP contribution in [0.4, 0.5) is 23.2 Å². The summed E-state index contributed by atoms with van der Waals surface area (Å²) in [6, 6.07) is 16.6. The molecule has 0 saturated carbocycles. The molecule has 1 aliphatic heterocycles. The number of carbonyl (C=O) groups excluding carboxylic acids is 3. The second-order valence-electron chi connectivity index (χ2n) is 10.9. The third-order valence-electron chi connectivity index (χ3n) is 6.96. The first-order chi connectivity index (χ1) is 23.3. The van der Waals surface area contributed by atoms with Crippen LogP contribution in [0.1, 0.15) is 62.4 Å². The van der Waals surface area contributed by atoms with E-state index in [4.69, 9.17) is 9.47 Å². The van der Waals surface area contributed by atoms with Crippen molar-refractivity contribution in [2.45, 2.75) is 56.9 Å². The quantitative estimate of drug-likeness (QED) is 0.0739. The fraction of sp³-hybridized carbons (Fsp3) is 0.324. The molecule has 2 N–H and O–H groups in total. The number of carbonyl (C=O) groups is 3. The maximum Gasteiger partial charge on any atom is 0.534 e. The zero-order valence-electron chi connectivity index (χ0n) is 26.9. The molecule has 0 bridgehead atoms. The van der Waals surface area contributed by atoms with Crippen LogP contribution in [-0.4, -0.2) is 60.8 Å². The van der Waals surface area contributed by atoms with Crippen LogP contribution in [-0.2, 0) is 34.0 Å². The summed E-state index contributed by atoms with van der Waals surface area (Å²) in [7, 11) is -5.82. The molecule has 2 atom stereocenters. The van der Waals surface area contributed by atoms with Crippen molar-refractivity contribution in [3.63, 3.8) is 0 Å². The number of nitrogens with zero attached hydrogens (tertiary/aromatic N) is 1. The molecule has 3 aromatic carbocycles. The summed E-state index contributed by atoms with van der Waals surface area (Å²) in [6.07, 6.45) is 0.345. The van der Waals surface area contributed by atoms with Crippen molar-refractivity contribution in [1.82, 2.24) is 0 Å². The van der Waals surface area contributed by atoms with E-state index in [1.807, 2.05) is 6.92 Å². The first kappa shape index (κ1) is 39.5. The van der Waals surface area contributed by atoms with Crippen LogP contribution in [0.5, 0.6) is 5.75 Å². The maximum absolute atomic E-state index is 12.5. The van der Waals surface area contributed by atoms with Gasteiger partial charge in [-0.25, -0.2) is 4.39 Å². The first-order valence-corrected chi connectivity index (χ1v) is 16.2. The number of alkyl halides is 3. The van der Waals surface area contributed by atoms with Gasteiger partial charge in [0.05, 0.1) is 18.6 Å². The minimum atomic E-state index is -5.82. The number of hydrogen-bond acceptors (Lipinski definition) is 10. The Balaban J connectivity index is 0.000000521. The fourth-order valence-corrected chi connectivity index (χ4v) is 4.76. The van der Waals surface area contributed by atoms with Crippen LogP contribution in [0, 0.1) is 17.7 Å². The van der Waals surface area contributed by atoms with Crippen LogP contribution in [0.3, 0.4) is 0 Å². The molecule has 11 nitrogen and oxygen atoms in total. The van der Waals surface area contributed by atoms with Crippen LogP contribution in [0.15, 0.2) is 72.8 Å². The number of amides is 1. The van der Waals surface area contributed by atoms with Crippen molar-refractivity contribution in [3.8, 4) is 17.6 Å². The number of benzene rings is 3. The van der Waals surface area contributed by atoms with E-state index in [-0.39, 0.29) is 18.1 Å². The standard InChI is InChI=1S/C25H22F3NO9S.C9H11FO/c1-16(30)36-14-24(33,15-37-17(2)31)12-11-18-3-5-19(6-4-18)22-13-23(32)29(22)20-7-9-21(10-8-20)38-39(34,35)25(26,27)28;1-2-9(11)7-3-5-8(10)6-4-7/h3-10,22,33H,13-15H2,1-2H3;3-6,9,11H,2H2,1H3. The molecule has 2 unspecified atom stereocenters. The molecule has 4 rings (SSSR count). The highest BCUT2D eigenvalue weighted by Gasteiger charge is 2.48. The zero-order chi connectivity index (χ0) is 37.3. The van der Waals surface area contributed by atoms with E-state index >= 15 is 0 Å². The monoisotopic (exact) mass is 723 g/mol. The van der Waals surface area contributed by atoms with E-state index < -0.39 is 64.3 Å². The van der Waals surface area contributed by atoms with Gasteiger partial charge in [-0.15, -0.1) is 0 Å². The lowest BCUT2D eigenvalue weighted by molar-refractivity contribution is -0.154. The number of aliphatic hydroxyl groups is 2. The van der Waals surface area contributed by atoms with Crippen LogP contribution in [0.25, 0.3) is 0 Å². The number of halogens is 4. The molecule has 3 aromatic rings. The van der Waals surface area contributed by atoms with Gasteiger partial charge in [0.25, 0.3) is 0 Å². The molecular weight excluding hydrogens is 690 g/mol. The Morgan fingerprint density at radius 1 is 0.940 bits per heavy atom. The Morgan fingerprint density at radius 3 is 1.94 bits per heavy atom. The Labute approximate surface area is 285 Å². The highest BCUT2D eigenvalue weighted by atomic mass is 32.2. The molecule has 1 heterocycles.